The molecule has 6 nitrogen and oxygen atoms in total. The standard InChI is InChI=1S/C17H18FNO5S2/c1-10-7-13(11(2)25-10)16(20)9-24-17(21)14-8-12(5-6-15(14)18)26(22,23)19(3)4/h5-8H,9H2,1-4H3. The van der Waals surface area contributed by atoms with Gasteiger partial charge in [-0.05, 0) is 38.1 Å². The van der Waals surface area contributed by atoms with Gasteiger partial charge in [0.1, 0.15) is 5.82 Å². The second kappa shape index (κ2) is 7.65. The topological polar surface area (TPSA) is 80.8 Å². The Morgan fingerprint density at radius 1 is 1.15 bits per heavy atom. The highest BCUT2D eigenvalue weighted by molar-refractivity contribution is 7.89. The molecule has 140 valence electrons. The molecule has 2 aromatic rings. The number of benzene rings is 1. The lowest BCUT2D eigenvalue weighted by molar-refractivity contribution is 0.0469. The van der Waals surface area contributed by atoms with Gasteiger partial charge in [0.2, 0.25) is 15.8 Å². The molecule has 0 saturated heterocycles. The minimum atomic E-state index is -3.83. The molecule has 0 aliphatic rings. The third-order valence-electron chi connectivity index (χ3n) is 3.61. The molecule has 0 aliphatic carbocycles. The summed E-state index contributed by atoms with van der Waals surface area (Å²) in [6, 6.07) is 4.53. The van der Waals surface area contributed by atoms with E-state index < -0.39 is 39.8 Å². The molecule has 0 fully saturated rings. The highest BCUT2D eigenvalue weighted by Gasteiger charge is 2.23. The number of nitrogens with zero attached hydrogens (tertiary/aromatic N) is 1. The van der Waals surface area contributed by atoms with Gasteiger partial charge in [-0.2, -0.15) is 0 Å². The summed E-state index contributed by atoms with van der Waals surface area (Å²) in [6.45, 7) is 3.08. The van der Waals surface area contributed by atoms with Crippen LogP contribution in [0.3, 0.4) is 0 Å². The summed E-state index contributed by atoms with van der Waals surface area (Å²) in [6.07, 6.45) is 0. The normalized spacial score (nSPS) is 11.6. The summed E-state index contributed by atoms with van der Waals surface area (Å²) in [7, 11) is -1.19. The molecule has 9 heteroatoms. The van der Waals surface area contributed by atoms with Crippen LogP contribution in [0.4, 0.5) is 4.39 Å². The fourth-order valence-corrected chi connectivity index (χ4v) is 4.10. The molecule has 0 amide bonds. The highest BCUT2D eigenvalue weighted by Crippen LogP contribution is 2.22. The summed E-state index contributed by atoms with van der Waals surface area (Å²) in [5, 5.41) is 0. The maximum Gasteiger partial charge on any atom is 0.341 e. The lowest BCUT2D eigenvalue weighted by Gasteiger charge is -2.12. The second-order valence-electron chi connectivity index (χ2n) is 5.76. The molecule has 0 saturated carbocycles. The largest absolute Gasteiger partial charge is 0.454 e. The Hall–Kier alpha value is -2.10. The van der Waals surface area contributed by atoms with Crippen LogP contribution in [0, 0.1) is 19.7 Å². The molecule has 2 rings (SSSR count). The van der Waals surface area contributed by atoms with Crippen molar-refractivity contribution in [1.29, 1.82) is 0 Å². The second-order valence-corrected chi connectivity index (χ2v) is 9.37. The van der Waals surface area contributed by atoms with Gasteiger partial charge in [0.25, 0.3) is 0 Å². The number of sulfonamides is 1. The molecule has 1 aromatic heterocycles. The summed E-state index contributed by atoms with van der Waals surface area (Å²) in [4.78, 5) is 25.8. The smallest absolute Gasteiger partial charge is 0.341 e. The molecule has 1 aromatic carbocycles. The number of carbonyl (C=O) groups excluding carboxylic acids is 2. The van der Waals surface area contributed by atoms with E-state index in [0.717, 1.165) is 32.3 Å². The van der Waals surface area contributed by atoms with Crippen LogP contribution in [0.2, 0.25) is 0 Å². The summed E-state index contributed by atoms with van der Waals surface area (Å²) >= 11 is 1.45. The molecular formula is C17H18FNO5S2. The van der Waals surface area contributed by atoms with Crippen molar-refractivity contribution in [1.82, 2.24) is 4.31 Å². The first-order valence-corrected chi connectivity index (χ1v) is 9.79. The minimum absolute atomic E-state index is 0.244. The monoisotopic (exact) mass is 399 g/mol. The minimum Gasteiger partial charge on any atom is -0.454 e. The van der Waals surface area contributed by atoms with Crippen LogP contribution < -0.4 is 0 Å². The van der Waals surface area contributed by atoms with Crippen molar-refractivity contribution in [3.05, 3.63) is 51.0 Å². The van der Waals surface area contributed by atoms with Crippen LogP contribution >= 0.6 is 11.3 Å². The fraction of sp³-hybridized carbons (Fsp3) is 0.294. The van der Waals surface area contributed by atoms with Gasteiger partial charge in [-0.25, -0.2) is 21.9 Å². The number of hydrogen-bond donors (Lipinski definition) is 0. The van der Waals surface area contributed by atoms with Gasteiger partial charge in [0.15, 0.2) is 6.61 Å². The molecule has 0 spiro atoms. The van der Waals surface area contributed by atoms with Crippen molar-refractivity contribution < 1.29 is 27.1 Å². The molecule has 1 heterocycles. The molecule has 0 radical (unpaired) electrons. The van der Waals surface area contributed by atoms with Crippen LogP contribution in [0.15, 0.2) is 29.2 Å². The van der Waals surface area contributed by atoms with Crippen molar-refractivity contribution in [2.45, 2.75) is 18.7 Å². The van der Waals surface area contributed by atoms with Crippen molar-refractivity contribution in [3.8, 4) is 0 Å². The van der Waals surface area contributed by atoms with Crippen LogP contribution in [-0.4, -0.2) is 45.2 Å². The number of ketones is 1. The average molecular weight is 399 g/mol. The highest BCUT2D eigenvalue weighted by atomic mass is 32.2. The third kappa shape index (κ3) is 4.17. The molecular weight excluding hydrogens is 381 g/mol. The maximum absolute atomic E-state index is 13.9. The SMILES string of the molecule is Cc1cc(C(=O)COC(=O)c2cc(S(=O)(=O)N(C)C)ccc2F)c(C)s1. The zero-order valence-electron chi connectivity index (χ0n) is 14.7. The van der Waals surface area contributed by atoms with E-state index in [1.54, 1.807) is 13.0 Å². The van der Waals surface area contributed by atoms with E-state index in [0.29, 0.717) is 5.56 Å². The first-order chi connectivity index (χ1) is 12.0. The van der Waals surface area contributed by atoms with Gasteiger partial charge in [0, 0.05) is 29.4 Å². The summed E-state index contributed by atoms with van der Waals surface area (Å²) in [5.74, 6) is -2.43. The van der Waals surface area contributed by atoms with Gasteiger partial charge < -0.3 is 4.74 Å². The predicted molar refractivity (Wildman–Crippen MR) is 95.7 cm³/mol. The number of Topliss-reactive ketones (excluding diaryl/α,β-unsaturated/α-hetero) is 1. The Balaban J connectivity index is 2.19. The zero-order chi connectivity index (χ0) is 19.6. The fourth-order valence-electron chi connectivity index (χ4n) is 2.23. The molecule has 0 unspecified atom stereocenters. The Labute approximate surface area is 155 Å². The lowest BCUT2D eigenvalue weighted by Crippen LogP contribution is -2.23. The number of carbonyl (C=O) groups is 2. The van der Waals surface area contributed by atoms with E-state index in [1.165, 1.54) is 25.4 Å². The van der Waals surface area contributed by atoms with Gasteiger partial charge in [0.05, 0.1) is 10.5 Å². The van der Waals surface area contributed by atoms with Crippen LogP contribution in [0.1, 0.15) is 30.5 Å². The van der Waals surface area contributed by atoms with Gasteiger partial charge in [-0.3, -0.25) is 4.79 Å². The average Bonchev–Trinajstić information content (AvgIpc) is 2.90. The van der Waals surface area contributed by atoms with Crippen molar-refractivity contribution in [2.24, 2.45) is 0 Å². The van der Waals surface area contributed by atoms with Gasteiger partial charge >= 0.3 is 5.97 Å². The van der Waals surface area contributed by atoms with Gasteiger partial charge in [-0.15, -0.1) is 11.3 Å². The lowest BCUT2D eigenvalue weighted by atomic mass is 10.1. The number of thiophene rings is 1. The Morgan fingerprint density at radius 3 is 2.35 bits per heavy atom. The van der Waals surface area contributed by atoms with E-state index in [2.05, 4.69) is 0 Å². The van der Waals surface area contributed by atoms with E-state index in [9.17, 15) is 22.4 Å². The zero-order valence-corrected chi connectivity index (χ0v) is 16.3. The van der Waals surface area contributed by atoms with E-state index >= 15 is 0 Å². The molecule has 0 bridgehead atoms. The van der Waals surface area contributed by atoms with Crippen molar-refractivity contribution >= 4 is 33.1 Å². The van der Waals surface area contributed by atoms with Crippen LogP contribution in [-0.2, 0) is 14.8 Å². The summed E-state index contributed by atoms with van der Waals surface area (Å²) < 4.78 is 44.0. The van der Waals surface area contributed by atoms with Crippen molar-refractivity contribution in [2.75, 3.05) is 20.7 Å². The number of halogens is 1. The van der Waals surface area contributed by atoms with E-state index in [-0.39, 0.29) is 4.90 Å². The van der Waals surface area contributed by atoms with Crippen LogP contribution in [0.25, 0.3) is 0 Å². The molecule has 0 N–H and O–H groups in total. The first-order valence-electron chi connectivity index (χ1n) is 7.53. The number of ether oxygens (including phenoxy) is 1. The van der Waals surface area contributed by atoms with Crippen LogP contribution in [0.5, 0.6) is 0 Å². The third-order valence-corrected chi connectivity index (χ3v) is 6.39. The molecule has 0 aliphatic heterocycles. The molecule has 26 heavy (non-hydrogen) atoms. The number of esters is 1. The maximum atomic E-state index is 13.9. The van der Waals surface area contributed by atoms with E-state index in [4.69, 9.17) is 4.74 Å². The van der Waals surface area contributed by atoms with Crippen molar-refractivity contribution in [3.63, 3.8) is 0 Å². The quantitative estimate of drug-likeness (QED) is 0.551. The summed E-state index contributed by atoms with van der Waals surface area (Å²) in [5.41, 5.74) is -0.0938. The van der Waals surface area contributed by atoms with E-state index in [1.807, 2.05) is 6.92 Å². The number of aryl methyl sites for hydroxylation is 2. The first kappa shape index (κ1) is 20.2. The van der Waals surface area contributed by atoms with Gasteiger partial charge in [-0.1, -0.05) is 0 Å². The number of rotatable bonds is 6. The Kier molecular flexibility index (Phi) is 5.94. The number of hydrogen-bond acceptors (Lipinski definition) is 6. The Bertz CT molecular complexity index is 964. The Morgan fingerprint density at radius 2 is 1.81 bits per heavy atom. The predicted octanol–water partition coefficient (Wildman–Crippen LogP) is 2.79. The molecule has 0 atom stereocenters.